The fourth-order valence-electron chi connectivity index (χ4n) is 5.04. The number of rotatable bonds is 13. The van der Waals surface area contributed by atoms with Crippen molar-refractivity contribution < 1.29 is 18.0 Å². The quantitative estimate of drug-likeness (QED) is 0.173. The van der Waals surface area contributed by atoms with E-state index in [1.165, 1.54) is 17.0 Å². The zero-order valence-electron chi connectivity index (χ0n) is 26.1. The number of hydrogen-bond donors (Lipinski definition) is 1. The number of carbonyl (C=O) groups is 2. The number of halogens is 1. The van der Waals surface area contributed by atoms with Gasteiger partial charge in [0, 0.05) is 24.0 Å². The first-order valence-corrected chi connectivity index (χ1v) is 16.8. The summed E-state index contributed by atoms with van der Waals surface area (Å²) in [5.74, 6) is -0.614. The predicted molar refractivity (Wildman–Crippen MR) is 181 cm³/mol. The predicted octanol–water partition coefficient (Wildman–Crippen LogP) is 6.82. The lowest BCUT2D eigenvalue weighted by atomic mass is 10.0. The van der Waals surface area contributed by atoms with Crippen LogP contribution < -0.4 is 9.62 Å². The Hall–Kier alpha value is -4.14. The van der Waals surface area contributed by atoms with E-state index >= 15 is 0 Å². The molecule has 4 rings (SSSR count). The van der Waals surface area contributed by atoms with Gasteiger partial charge in [0.15, 0.2) is 0 Å². The standard InChI is InChI=1S/C36H40ClN3O4S/c1-26(2)30-18-20-32(21-19-30)40(45(43,44)33-16-9-6-10-17-33)25-35(41)39(24-29-14-11-15-31(37)22-29)34(36(42)38-27(3)4)23-28-12-7-5-8-13-28/h5-22,26-27,34H,23-25H2,1-4H3,(H,38,42). The number of nitrogens with zero attached hydrogens (tertiary/aromatic N) is 2. The monoisotopic (exact) mass is 645 g/mol. The number of benzene rings is 4. The number of hydrogen-bond acceptors (Lipinski definition) is 4. The molecule has 0 radical (unpaired) electrons. The molecule has 4 aromatic rings. The SMILES string of the molecule is CC(C)NC(=O)C(Cc1ccccc1)N(Cc1cccc(Cl)c1)C(=O)CN(c1ccc(C(C)C)cc1)S(=O)(=O)c1ccccc1. The average molecular weight is 646 g/mol. The molecule has 0 aliphatic carbocycles. The molecule has 0 heterocycles. The second kappa shape index (κ2) is 15.2. The molecular weight excluding hydrogens is 606 g/mol. The van der Waals surface area contributed by atoms with Crippen LogP contribution in [-0.4, -0.2) is 43.8 Å². The molecule has 1 atom stereocenters. The molecule has 0 saturated heterocycles. The molecule has 9 heteroatoms. The van der Waals surface area contributed by atoms with E-state index in [0.717, 1.165) is 15.4 Å². The van der Waals surface area contributed by atoms with E-state index in [9.17, 15) is 18.0 Å². The molecule has 0 saturated carbocycles. The van der Waals surface area contributed by atoms with Gasteiger partial charge in [-0.25, -0.2) is 8.42 Å². The summed E-state index contributed by atoms with van der Waals surface area (Å²) in [6.07, 6.45) is 0.236. The zero-order chi connectivity index (χ0) is 32.6. The third-order valence-corrected chi connectivity index (χ3v) is 9.42. The highest BCUT2D eigenvalue weighted by atomic mass is 35.5. The van der Waals surface area contributed by atoms with Gasteiger partial charge in [-0.2, -0.15) is 0 Å². The van der Waals surface area contributed by atoms with Gasteiger partial charge in [-0.15, -0.1) is 0 Å². The molecule has 45 heavy (non-hydrogen) atoms. The summed E-state index contributed by atoms with van der Waals surface area (Å²) in [6.45, 7) is 7.36. The number of amides is 2. The van der Waals surface area contributed by atoms with Gasteiger partial charge in [-0.3, -0.25) is 13.9 Å². The first-order chi connectivity index (χ1) is 21.5. The minimum absolute atomic E-state index is 0.0495. The van der Waals surface area contributed by atoms with E-state index in [2.05, 4.69) is 19.2 Å². The zero-order valence-corrected chi connectivity index (χ0v) is 27.6. The molecule has 0 aliphatic rings. The highest BCUT2D eigenvalue weighted by Crippen LogP contribution is 2.27. The lowest BCUT2D eigenvalue weighted by Crippen LogP contribution is -2.54. The molecule has 0 aliphatic heterocycles. The Morgan fingerprint density at radius 3 is 1.96 bits per heavy atom. The van der Waals surface area contributed by atoms with Crippen molar-refractivity contribution in [1.82, 2.24) is 10.2 Å². The second-order valence-electron chi connectivity index (χ2n) is 11.6. The van der Waals surface area contributed by atoms with Crippen LogP contribution >= 0.6 is 11.6 Å². The van der Waals surface area contributed by atoms with Gasteiger partial charge in [0.25, 0.3) is 10.0 Å². The number of nitrogens with one attached hydrogen (secondary N) is 1. The lowest BCUT2D eigenvalue weighted by molar-refractivity contribution is -0.140. The Balaban J connectivity index is 1.81. The van der Waals surface area contributed by atoms with Crippen molar-refractivity contribution in [1.29, 1.82) is 0 Å². The Labute approximate surface area is 271 Å². The van der Waals surface area contributed by atoms with Crippen LogP contribution in [-0.2, 0) is 32.6 Å². The van der Waals surface area contributed by atoms with E-state index in [4.69, 9.17) is 11.6 Å². The summed E-state index contributed by atoms with van der Waals surface area (Å²) in [6, 6.07) is 30.7. The summed E-state index contributed by atoms with van der Waals surface area (Å²) >= 11 is 6.31. The minimum atomic E-state index is -4.16. The summed E-state index contributed by atoms with van der Waals surface area (Å²) in [7, 11) is -4.16. The van der Waals surface area contributed by atoms with E-state index in [1.807, 2.05) is 62.4 Å². The van der Waals surface area contributed by atoms with Crippen molar-refractivity contribution in [2.45, 2.75) is 63.6 Å². The number of anilines is 1. The molecule has 0 fully saturated rings. The van der Waals surface area contributed by atoms with Crippen LogP contribution in [0, 0.1) is 0 Å². The van der Waals surface area contributed by atoms with E-state index in [-0.39, 0.29) is 35.7 Å². The second-order valence-corrected chi connectivity index (χ2v) is 13.9. The fourth-order valence-corrected chi connectivity index (χ4v) is 6.69. The van der Waals surface area contributed by atoms with Crippen LogP contribution in [0.25, 0.3) is 0 Å². The molecule has 1 unspecified atom stereocenters. The van der Waals surface area contributed by atoms with Crippen LogP contribution in [0.15, 0.2) is 114 Å². The van der Waals surface area contributed by atoms with Crippen molar-refractivity contribution in [2.24, 2.45) is 0 Å². The van der Waals surface area contributed by atoms with Gasteiger partial charge in [0.05, 0.1) is 10.6 Å². The molecule has 0 spiro atoms. The molecule has 0 aromatic heterocycles. The molecule has 2 amide bonds. The molecular formula is C36H40ClN3O4S. The van der Waals surface area contributed by atoms with Crippen LogP contribution in [0.5, 0.6) is 0 Å². The summed E-state index contributed by atoms with van der Waals surface area (Å²) in [5, 5.41) is 3.45. The summed E-state index contributed by atoms with van der Waals surface area (Å²) in [5.41, 5.74) is 2.97. The van der Waals surface area contributed by atoms with Crippen molar-refractivity contribution in [2.75, 3.05) is 10.8 Å². The van der Waals surface area contributed by atoms with E-state index < -0.39 is 28.5 Å². The molecule has 236 valence electrons. The Bertz CT molecular complexity index is 1680. The first-order valence-electron chi connectivity index (χ1n) is 15.0. The normalized spacial score (nSPS) is 12.2. The van der Waals surface area contributed by atoms with Crippen LogP contribution in [0.1, 0.15) is 50.3 Å². The summed E-state index contributed by atoms with van der Waals surface area (Å²) < 4.78 is 29.3. The van der Waals surface area contributed by atoms with Crippen LogP contribution in [0.3, 0.4) is 0 Å². The van der Waals surface area contributed by atoms with Crippen molar-refractivity contribution >= 4 is 39.1 Å². The van der Waals surface area contributed by atoms with Gasteiger partial charge in [-0.05, 0) is 72.9 Å². The molecule has 4 aromatic carbocycles. The fraction of sp³-hybridized carbons (Fsp3) is 0.278. The maximum absolute atomic E-state index is 14.5. The molecule has 7 nitrogen and oxygen atoms in total. The maximum atomic E-state index is 14.5. The van der Waals surface area contributed by atoms with Crippen molar-refractivity contribution in [3.05, 3.63) is 131 Å². The highest BCUT2D eigenvalue weighted by Gasteiger charge is 2.34. The maximum Gasteiger partial charge on any atom is 0.264 e. The number of sulfonamides is 1. The van der Waals surface area contributed by atoms with Crippen LogP contribution in [0.4, 0.5) is 5.69 Å². The van der Waals surface area contributed by atoms with Gasteiger partial charge in [0.2, 0.25) is 11.8 Å². The largest absolute Gasteiger partial charge is 0.352 e. The van der Waals surface area contributed by atoms with E-state index in [1.54, 1.807) is 48.5 Å². The van der Waals surface area contributed by atoms with Gasteiger partial charge in [-0.1, -0.05) is 98.2 Å². The third-order valence-electron chi connectivity index (χ3n) is 7.40. The average Bonchev–Trinajstić information content (AvgIpc) is 3.02. The first kappa shape index (κ1) is 33.7. The Morgan fingerprint density at radius 2 is 1.38 bits per heavy atom. The lowest BCUT2D eigenvalue weighted by Gasteiger charge is -2.34. The van der Waals surface area contributed by atoms with Crippen molar-refractivity contribution in [3.8, 4) is 0 Å². The third kappa shape index (κ3) is 8.96. The van der Waals surface area contributed by atoms with Crippen molar-refractivity contribution in [3.63, 3.8) is 0 Å². The highest BCUT2D eigenvalue weighted by molar-refractivity contribution is 7.92. The van der Waals surface area contributed by atoms with E-state index in [0.29, 0.717) is 16.3 Å². The molecule has 0 bridgehead atoms. The topological polar surface area (TPSA) is 86.8 Å². The smallest absolute Gasteiger partial charge is 0.264 e. The van der Waals surface area contributed by atoms with Gasteiger partial charge >= 0.3 is 0 Å². The van der Waals surface area contributed by atoms with Gasteiger partial charge < -0.3 is 10.2 Å². The minimum Gasteiger partial charge on any atom is -0.352 e. The Kier molecular flexibility index (Phi) is 11.4. The van der Waals surface area contributed by atoms with Crippen LogP contribution in [0.2, 0.25) is 5.02 Å². The number of carbonyl (C=O) groups excluding carboxylic acids is 2. The summed E-state index contributed by atoms with van der Waals surface area (Å²) in [4.78, 5) is 29.8. The molecule has 1 N–H and O–H groups in total. The Morgan fingerprint density at radius 1 is 0.778 bits per heavy atom. The van der Waals surface area contributed by atoms with Gasteiger partial charge in [0.1, 0.15) is 12.6 Å².